The second-order valence-corrected chi connectivity index (χ2v) is 5.71. The van der Waals surface area contributed by atoms with E-state index in [1.54, 1.807) is 0 Å². The molecule has 0 aliphatic rings. The number of halogens is 6. The fourth-order valence-corrected chi connectivity index (χ4v) is 2.23. The Morgan fingerprint density at radius 1 is 0.964 bits per heavy atom. The van der Waals surface area contributed by atoms with Gasteiger partial charge < -0.3 is 10.6 Å². The van der Waals surface area contributed by atoms with E-state index in [1.165, 1.54) is 25.3 Å². The molecule has 0 saturated carbocycles. The molecule has 11 heteroatoms. The standard InChI is InChI=1S/C17H13F6N3O2/c1-9(27)26-14-6-11(2-3-24-14)15(28)25-8-10-4-12(16(18,19)20)7-13(5-10)17(21,22)23/h2-7H,8H2,1H3,(H,25,28)(H,24,26,27). The van der Waals surface area contributed by atoms with Crippen molar-refractivity contribution < 1.29 is 35.9 Å². The Kier molecular flexibility index (Phi) is 5.95. The zero-order valence-electron chi connectivity index (χ0n) is 14.2. The smallest absolute Gasteiger partial charge is 0.348 e. The fraction of sp³-hybridized carbons (Fsp3) is 0.235. The van der Waals surface area contributed by atoms with E-state index in [1.807, 2.05) is 0 Å². The van der Waals surface area contributed by atoms with E-state index in [0.717, 1.165) is 0 Å². The van der Waals surface area contributed by atoms with Gasteiger partial charge >= 0.3 is 12.4 Å². The van der Waals surface area contributed by atoms with Crippen molar-refractivity contribution in [3.8, 4) is 0 Å². The van der Waals surface area contributed by atoms with Gasteiger partial charge in [-0.15, -0.1) is 0 Å². The summed E-state index contributed by atoms with van der Waals surface area (Å²) in [5, 5.41) is 4.58. The highest BCUT2D eigenvalue weighted by atomic mass is 19.4. The third-order valence-corrected chi connectivity index (χ3v) is 3.43. The topological polar surface area (TPSA) is 71.1 Å². The van der Waals surface area contributed by atoms with E-state index in [-0.39, 0.29) is 23.0 Å². The van der Waals surface area contributed by atoms with Gasteiger partial charge in [0.2, 0.25) is 5.91 Å². The van der Waals surface area contributed by atoms with Crippen molar-refractivity contribution in [2.45, 2.75) is 25.8 Å². The molecule has 0 bridgehead atoms. The first-order valence-corrected chi connectivity index (χ1v) is 7.66. The van der Waals surface area contributed by atoms with Crippen LogP contribution in [0, 0.1) is 0 Å². The molecule has 5 nitrogen and oxygen atoms in total. The third kappa shape index (κ3) is 5.69. The second kappa shape index (κ2) is 7.87. The summed E-state index contributed by atoms with van der Waals surface area (Å²) in [5.41, 5.74) is -3.29. The molecule has 0 fully saturated rings. The molecule has 0 spiro atoms. The molecule has 2 aromatic rings. The molecule has 0 aliphatic carbocycles. The van der Waals surface area contributed by atoms with Gasteiger partial charge in [0.25, 0.3) is 5.91 Å². The minimum absolute atomic E-state index is 0.00783. The Labute approximate surface area is 154 Å². The van der Waals surface area contributed by atoms with E-state index < -0.39 is 41.8 Å². The number of anilines is 1. The molecule has 0 saturated heterocycles. The van der Waals surface area contributed by atoms with Gasteiger partial charge in [-0.1, -0.05) is 0 Å². The van der Waals surface area contributed by atoms with Crippen molar-refractivity contribution in [2.75, 3.05) is 5.32 Å². The highest BCUT2D eigenvalue weighted by Crippen LogP contribution is 2.36. The fourth-order valence-electron chi connectivity index (χ4n) is 2.23. The first-order valence-electron chi connectivity index (χ1n) is 7.66. The molecule has 150 valence electrons. The number of amides is 2. The van der Waals surface area contributed by atoms with Crippen LogP contribution in [0.5, 0.6) is 0 Å². The number of aromatic nitrogens is 1. The Morgan fingerprint density at radius 2 is 1.54 bits per heavy atom. The molecule has 0 aliphatic heterocycles. The van der Waals surface area contributed by atoms with Crippen LogP contribution in [0.2, 0.25) is 0 Å². The first-order chi connectivity index (χ1) is 12.9. The number of carbonyl (C=O) groups excluding carboxylic acids is 2. The zero-order chi connectivity index (χ0) is 21.1. The van der Waals surface area contributed by atoms with Crippen LogP contribution in [0.1, 0.15) is 34.0 Å². The second-order valence-electron chi connectivity index (χ2n) is 5.71. The van der Waals surface area contributed by atoms with Crippen molar-refractivity contribution in [1.29, 1.82) is 0 Å². The van der Waals surface area contributed by atoms with Crippen molar-refractivity contribution in [1.82, 2.24) is 10.3 Å². The molecule has 0 unspecified atom stereocenters. The summed E-state index contributed by atoms with van der Waals surface area (Å²) in [4.78, 5) is 26.9. The molecule has 2 N–H and O–H groups in total. The van der Waals surface area contributed by atoms with Gasteiger partial charge in [0.05, 0.1) is 11.1 Å². The minimum Gasteiger partial charge on any atom is -0.348 e. The summed E-state index contributed by atoms with van der Waals surface area (Å²) in [6.07, 6.45) is -8.73. The van der Waals surface area contributed by atoms with E-state index >= 15 is 0 Å². The number of carbonyl (C=O) groups is 2. The van der Waals surface area contributed by atoms with Crippen LogP contribution in [-0.2, 0) is 23.7 Å². The van der Waals surface area contributed by atoms with Crippen LogP contribution in [0.25, 0.3) is 0 Å². The Hall–Kier alpha value is -3.11. The maximum absolute atomic E-state index is 12.9. The van der Waals surface area contributed by atoms with Crippen LogP contribution >= 0.6 is 0 Å². The number of pyridine rings is 1. The summed E-state index contributed by atoms with van der Waals surface area (Å²) >= 11 is 0. The quantitative estimate of drug-likeness (QED) is 0.756. The van der Waals surface area contributed by atoms with Crippen molar-refractivity contribution in [2.24, 2.45) is 0 Å². The zero-order valence-corrected chi connectivity index (χ0v) is 14.2. The maximum atomic E-state index is 12.9. The lowest BCUT2D eigenvalue weighted by molar-refractivity contribution is -0.143. The van der Waals surface area contributed by atoms with Crippen LogP contribution in [0.3, 0.4) is 0 Å². The highest BCUT2D eigenvalue weighted by Gasteiger charge is 2.36. The van der Waals surface area contributed by atoms with Gasteiger partial charge in [0, 0.05) is 25.2 Å². The number of nitrogens with zero attached hydrogens (tertiary/aromatic N) is 1. The predicted molar refractivity (Wildman–Crippen MR) is 86.2 cm³/mol. The first kappa shape index (κ1) is 21.2. The number of hydrogen-bond acceptors (Lipinski definition) is 3. The minimum atomic E-state index is -4.97. The SMILES string of the molecule is CC(=O)Nc1cc(C(=O)NCc2cc(C(F)(F)F)cc(C(F)(F)F)c2)ccn1. The Morgan fingerprint density at radius 3 is 2.04 bits per heavy atom. The molecule has 1 aromatic carbocycles. The van der Waals surface area contributed by atoms with Gasteiger partial charge in [-0.25, -0.2) is 4.98 Å². The molecule has 0 atom stereocenters. The monoisotopic (exact) mass is 405 g/mol. The molecule has 0 radical (unpaired) electrons. The number of rotatable bonds is 4. The third-order valence-electron chi connectivity index (χ3n) is 3.43. The predicted octanol–water partition coefficient (Wildman–Crippen LogP) is 4.01. The molecule has 2 rings (SSSR count). The summed E-state index contributed by atoms with van der Waals surface area (Å²) in [6.45, 7) is 0.657. The van der Waals surface area contributed by atoms with Crippen molar-refractivity contribution >= 4 is 17.6 Å². The lowest BCUT2D eigenvalue weighted by atomic mass is 10.0. The van der Waals surface area contributed by atoms with Crippen LogP contribution in [-0.4, -0.2) is 16.8 Å². The lowest BCUT2D eigenvalue weighted by Gasteiger charge is -2.14. The lowest BCUT2D eigenvalue weighted by Crippen LogP contribution is -2.24. The largest absolute Gasteiger partial charge is 0.416 e. The van der Waals surface area contributed by atoms with Gasteiger partial charge in [-0.05, 0) is 35.9 Å². The summed E-state index contributed by atoms with van der Waals surface area (Å²) < 4.78 is 77.1. The van der Waals surface area contributed by atoms with E-state index in [2.05, 4.69) is 15.6 Å². The number of nitrogens with one attached hydrogen (secondary N) is 2. The van der Waals surface area contributed by atoms with Gasteiger partial charge in [0.15, 0.2) is 0 Å². The van der Waals surface area contributed by atoms with E-state index in [4.69, 9.17) is 0 Å². The van der Waals surface area contributed by atoms with Crippen molar-refractivity contribution in [3.63, 3.8) is 0 Å². The van der Waals surface area contributed by atoms with Gasteiger partial charge in [-0.3, -0.25) is 9.59 Å². The van der Waals surface area contributed by atoms with Crippen LogP contribution in [0.4, 0.5) is 32.2 Å². The van der Waals surface area contributed by atoms with E-state index in [9.17, 15) is 35.9 Å². The van der Waals surface area contributed by atoms with Crippen LogP contribution < -0.4 is 10.6 Å². The molecular formula is C17H13F6N3O2. The number of hydrogen-bond donors (Lipinski definition) is 2. The Bertz CT molecular complexity index is 861. The van der Waals surface area contributed by atoms with E-state index in [0.29, 0.717) is 12.1 Å². The average molecular weight is 405 g/mol. The Balaban J connectivity index is 2.22. The van der Waals surface area contributed by atoms with Gasteiger partial charge in [0.1, 0.15) is 5.82 Å². The molecule has 2 amide bonds. The molecule has 28 heavy (non-hydrogen) atoms. The summed E-state index contributed by atoms with van der Waals surface area (Å²) in [6, 6.07) is 3.56. The molecular weight excluding hydrogens is 392 g/mol. The molecule has 1 heterocycles. The number of benzene rings is 1. The molecule has 1 aromatic heterocycles. The average Bonchev–Trinajstić information content (AvgIpc) is 2.57. The number of alkyl halides is 6. The summed E-state index contributed by atoms with van der Waals surface area (Å²) in [5.74, 6) is -1.13. The van der Waals surface area contributed by atoms with Gasteiger partial charge in [-0.2, -0.15) is 26.3 Å². The maximum Gasteiger partial charge on any atom is 0.416 e. The highest BCUT2D eigenvalue weighted by molar-refractivity contribution is 5.96. The van der Waals surface area contributed by atoms with Crippen molar-refractivity contribution in [3.05, 3.63) is 58.8 Å². The van der Waals surface area contributed by atoms with Crippen LogP contribution in [0.15, 0.2) is 36.5 Å². The summed E-state index contributed by atoms with van der Waals surface area (Å²) in [7, 11) is 0. The normalized spacial score (nSPS) is 11.8.